The molecule has 0 bridgehead atoms. The van der Waals surface area contributed by atoms with Gasteiger partial charge in [0.2, 0.25) is 0 Å². The summed E-state index contributed by atoms with van der Waals surface area (Å²) in [4.78, 5) is 20.3. The molecule has 0 aliphatic carbocycles. The molecule has 0 atom stereocenters. The molecule has 0 fully saturated rings. The average molecular weight is 1530 g/mol. The first-order chi connectivity index (χ1) is 58.1. The fourth-order valence-electron chi connectivity index (χ4n) is 18.1. The molecule has 17 aromatic carbocycles. The Kier molecular flexibility index (Phi) is 16.9. The van der Waals surface area contributed by atoms with Gasteiger partial charge in [-0.1, -0.05) is 236 Å². The van der Waals surface area contributed by atoms with Crippen molar-refractivity contribution in [2.24, 2.45) is 0 Å². The summed E-state index contributed by atoms with van der Waals surface area (Å²) in [5, 5.41) is 12.2. The van der Waals surface area contributed by atoms with Crippen molar-refractivity contribution in [2.75, 3.05) is 0 Å². The van der Waals surface area contributed by atoms with Crippen molar-refractivity contribution in [1.29, 1.82) is 0 Å². The van der Waals surface area contributed by atoms with Crippen LogP contribution in [0.4, 0.5) is 0 Å². The molecule has 0 unspecified atom stereocenters. The number of hydrogen-bond acceptors (Lipinski definition) is 5. The van der Waals surface area contributed by atoms with Crippen LogP contribution in [0.5, 0.6) is 0 Å². The van der Waals surface area contributed by atoms with Crippen LogP contribution in [0.25, 0.3) is 214 Å². The summed E-state index contributed by atoms with van der Waals surface area (Å²) in [6.07, 6.45) is 0. The van der Waals surface area contributed by atoms with Crippen LogP contribution in [0.2, 0.25) is 0 Å². The van der Waals surface area contributed by atoms with Gasteiger partial charge in [-0.05, 0) is 241 Å². The van der Waals surface area contributed by atoms with E-state index in [0.717, 1.165) is 72.6 Å². The first kappa shape index (κ1) is 69.7. The molecule has 0 aliphatic rings. The monoisotopic (exact) mass is 1530 g/mol. The normalized spacial score (nSPS) is 11.7. The smallest absolute Gasteiger partial charge is 0.160 e. The van der Waals surface area contributed by atoms with E-state index in [-0.39, 0.29) is 0 Å². The lowest BCUT2D eigenvalue weighted by atomic mass is 9.98. The Bertz CT molecular complexity index is 7900. The van der Waals surface area contributed by atoms with E-state index >= 15 is 0 Å². The molecule has 6 aromatic heterocycles. The van der Waals surface area contributed by atoms with Crippen molar-refractivity contribution in [3.05, 3.63) is 404 Å². The van der Waals surface area contributed by atoms with E-state index in [1.807, 2.05) is 35.6 Å². The summed E-state index contributed by atoms with van der Waals surface area (Å²) < 4.78 is 9.81. The van der Waals surface area contributed by atoms with Gasteiger partial charge in [0.15, 0.2) is 11.6 Å². The van der Waals surface area contributed by atoms with E-state index < -0.39 is 0 Å². The van der Waals surface area contributed by atoms with Gasteiger partial charge in [-0.25, -0.2) is 19.9 Å². The molecule has 0 amide bonds. The van der Waals surface area contributed by atoms with E-state index in [4.69, 9.17) is 19.9 Å². The van der Waals surface area contributed by atoms with Gasteiger partial charge in [-0.3, -0.25) is 0 Å². The molecule has 0 spiro atoms. The third kappa shape index (κ3) is 12.3. The highest BCUT2D eigenvalue weighted by molar-refractivity contribution is 7.25. The van der Waals surface area contributed by atoms with Gasteiger partial charge in [-0.15, -0.1) is 11.3 Å². The molecule has 8 heteroatoms. The van der Waals surface area contributed by atoms with Crippen LogP contribution >= 0.6 is 11.3 Å². The fraction of sp³-hybridized carbons (Fsp3) is 0.0364. The number of rotatable bonds is 11. The van der Waals surface area contributed by atoms with E-state index in [9.17, 15) is 0 Å². The molecular weight excluding hydrogens is 1450 g/mol. The number of para-hydroxylation sites is 5. The second-order valence-electron chi connectivity index (χ2n) is 31.2. The minimum atomic E-state index is 0.716. The van der Waals surface area contributed by atoms with Gasteiger partial charge in [0.1, 0.15) is 0 Å². The Labute approximate surface area is 686 Å². The van der Waals surface area contributed by atoms with Crippen LogP contribution < -0.4 is 0 Å². The van der Waals surface area contributed by atoms with Crippen LogP contribution in [-0.4, -0.2) is 33.6 Å². The first-order valence-corrected chi connectivity index (χ1v) is 41.1. The number of benzene rings is 17. The van der Waals surface area contributed by atoms with Gasteiger partial charge in [0, 0.05) is 103 Å². The number of fused-ring (bicyclic) bond motifs is 14. The summed E-state index contributed by atoms with van der Waals surface area (Å²) in [5.74, 6) is 1.44. The van der Waals surface area contributed by atoms with E-state index in [1.165, 1.54) is 158 Å². The quantitative estimate of drug-likeness (QED) is 0.129. The van der Waals surface area contributed by atoms with Gasteiger partial charge >= 0.3 is 0 Å². The predicted molar refractivity (Wildman–Crippen MR) is 497 cm³/mol. The molecule has 0 N–H and O–H groups in total. The fourth-order valence-corrected chi connectivity index (χ4v) is 19.2. The van der Waals surface area contributed by atoms with E-state index in [2.05, 4.69) is 399 Å². The number of nitrogens with zero attached hydrogens (tertiary/aromatic N) is 7. The molecule has 6 heterocycles. The zero-order valence-electron chi connectivity index (χ0n) is 65.4. The lowest BCUT2D eigenvalue weighted by Crippen LogP contribution is -1.97. The lowest BCUT2D eigenvalue weighted by molar-refractivity contribution is 1.16. The molecule has 23 aromatic rings. The summed E-state index contributed by atoms with van der Waals surface area (Å²) in [6, 6.07) is 138. The number of aromatic nitrogens is 7. The molecule has 0 saturated carbocycles. The maximum atomic E-state index is 5.18. The molecule has 23 rings (SSSR count). The zero-order valence-corrected chi connectivity index (χ0v) is 66.2. The maximum absolute atomic E-state index is 5.18. The van der Waals surface area contributed by atoms with E-state index in [1.54, 1.807) is 0 Å². The van der Waals surface area contributed by atoms with Crippen molar-refractivity contribution in [3.8, 4) is 107 Å². The van der Waals surface area contributed by atoms with E-state index in [0.29, 0.717) is 5.82 Å². The zero-order chi connectivity index (χ0) is 78.6. The Morgan fingerprint density at radius 3 is 0.941 bits per heavy atom. The summed E-state index contributed by atoms with van der Waals surface area (Å²) in [6.45, 7) is 8.63. The Balaban J connectivity index is 0.000000143. The minimum Gasteiger partial charge on any atom is -0.309 e. The molecule has 118 heavy (non-hydrogen) atoms. The van der Waals surface area contributed by atoms with Crippen LogP contribution in [0.3, 0.4) is 0 Å². The minimum absolute atomic E-state index is 0.716. The largest absolute Gasteiger partial charge is 0.309 e. The van der Waals surface area contributed by atoms with Crippen molar-refractivity contribution in [3.63, 3.8) is 0 Å². The highest BCUT2D eigenvalue weighted by atomic mass is 32.1. The van der Waals surface area contributed by atoms with Gasteiger partial charge in [0.25, 0.3) is 0 Å². The van der Waals surface area contributed by atoms with Gasteiger partial charge in [-0.2, -0.15) is 0 Å². The SMILES string of the molecule is Cc1cc(C)cc(-c2nc(-c3ccc(-n4c5ccccc5c5cc(-c6ccc(-c7ccc8sc9ccccc9c8c7)cc6)ccc54)cc3)nc3ccccc23)c1.Cc1cc(C)cc(-n2c3ccccc3c3cc(-c4ccc(-c5ccc6c(c5)c5ccccc5n6-c5ccc(-c6nc(-c7ccccc7)c7ccccc7n6)cc5)cc4)ccc32)c1. The molecular formula is C110H75N7S. The van der Waals surface area contributed by atoms with Crippen molar-refractivity contribution in [1.82, 2.24) is 33.6 Å². The highest BCUT2D eigenvalue weighted by Gasteiger charge is 2.21. The van der Waals surface area contributed by atoms with Crippen molar-refractivity contribution >= 4 is 119 Å². The predicted octanol–water partition coefficient (Wildman–Crippen LogP) is 29.5. The van der Waals surface area contributed by atoms with Crippen LogP contribution in [0, 0.1) is 27.7 Å². The van der Waals surface area contributed by atoms with Crippen molar-refractivity contribution in [2.45, 2.75) is 27.7 Å². The second-order valence-corrected chi connectivity index (χ2v) is 32.3. The summed E-state index contributed by atoms with van der Waals surface area (Å²) in [7, 11) is 0. The summed E-state index contributed by atoms with van der Waals surface area (Å²) in [5.41, 5.74) is 33.1. The van der Waals surface area contributed by atoms with Gasteiger partial charge < -0.3 is 13.7 Å². The Morgan fingerprint density at radius 1 is 0.186 bits per heavy atom. The van der Waals surface area contributed by atoms with Crippen LogP contribution in [0.1, 0.15) is 22.3 Å². The number of thiophene rings is 1. The molecule has 556 valence electrons. The topological polar surface area (TPSA) is 66.3 Å². The van der Waals surface area contributed by atoms with Crippen LogP contribution in [-0.2, 0) is 0 Å². The maximum Gasteiger partial charge on any atom is 0.160 e. The summed E-state index contributed by atoms with van der Waals surface area (Å²) >= 11 is 1.86. The van der Waals surface area contributed by atoms with Crippen LogP contribution in [0.15, 0.2) is 382 Å². The molecule has 0 aliphatic heterocycles. The lowest BCUT2D eigenvalue weighted by Gasteiger charge is -2.12. The number of hydrogen-bond donors (Lipinski definition) is 0. The molecule has 0 radical (unpaired) electrons. The van der Waals surface area contributed by atoms with Crippen molar-refractivity contribution < 1.29 is 0 Å². The second kappa shape index (κ2) is 28.5. The average Bonchev–Trinajstić information content (AvgIpc) is 1.58. The standard InChI is InChI=1S/C58H40N4.C52H35N3S/c1-37-32-38(2)34-46(33-37)62-54-19-11-8-15-48(54)51-36-44(27-31-56(51)62)40-22-20-39(21-23-40)43-26-30-55-50(35-43)47-14-7-10-18-53(47)61(55)45-28-24-42(25-29-45)58-59-52-17-9-6-16-49(52)57(60-58)41-12-4-3-5-13-41;1-32-27-33(2)29-39(28-32)51-43-11-3-6-12-46(43)53-52(54-51)36-19-23-40(24-20-36)55-47-13-7-4-9-41(47)44-30-37(21-25-48(44)55)34-15-17-35(18-16-34)38-22-26-50-45(31-38)42-10-5-8-14-49(42)56-50/h3-36H,1-2H3;3-31H,1-2H3. The third-order valence-corrected chi connectivity index (χ3v) is 24.6. The first-order valence-electron chi connectivity index (χ1n) is 40.3. The number of aryl methyl sites for hydroxylation is 4. The molecule has 7 nitrogen and oxygen atoms in total. The Morgan fingerprint density at radius 2 is 0.500 bits per heavy atom. The third-order valence-electron chi connectivity index (χ3n) is 23.5. The molecule has 0 saturated heterocycles. The highest BCUT2D eigenvalue weighted by Crippen LogP contribution is 2.43. The van der Waals surface area contributed by atoms with Gasteiger partial charge in [0.05, 0.1) is 55.5 Å². The Hall–Kier alpha value is -15.0.